The first-order valence-corrected chi connectivity index (χ1v) is 10.1. The van der Waals surface area contributed by atoms with Crippen molar-refractivity contribution in [2.45, 2.75) is 12.5 Å². The molecule has 148 valence electrons. The molecule has 5 rings (SSSR count). The van der Waals surface area contributed by atoms with Gasteiger partial charge in [-0.1, -0.05) is 66.2 Å². The van der Waals surface area contributed by atoms with Crippen LogP contribution in [-0.2, 0) is 4.74 Å². The quantitative estimate of drug-likeness (QED) is 0.471. The molecule has 0 amide bonds. The Bertz CT molecular complexity index is 1240. The molecule has 5 nitrogen and oxygen atoms in total. The van der Waals surface area contributed by atoms with Gasteiger partial charge in [-0.05, 0) is 17.2 Å². The normalized spacial score (nSPS) is 15.9. The summed E-state index contributed by atoms with van der Waals surface area (Å²) in [5.74, 6) is 0.420. The standard InChI is InChI=1S/C24H18ClN3O2/c25-20-12-21-23(19(13-26)24(27-21)30-18-10-11-29-14-18)28-22(20)17-8-6-16(7-9-17)15-4-2-1-3-5-15/h1-9,12,18,27H,10-11,14H2. The van der Waals surface area contributed by atoms with E-state index in [0.717, 1.165) is 23.1 Å². The molecule has 1 N–H and O–H groups in total. The number of hydrogen-bond acceptors (Lipinski definition) is 4. The lowest BCUT2D eigenvalue weighted by molar-refractivity contribution is 0.138. The fraction of sp³-hybridized carbons (Fsp3) is 0.167. The van der Waals surface area contributed by atoms with E-state index < -0.39 is 0 Å². The van der Waals surface area contributed by atoms with Crippen LogP contribution in [0, 0.1) is 11.3 Å². The number of pyridine rings is 1. The molecule has 30 heavy (non-hydrogen) atoms. The van der Waals surface area contributed by atoms with Gasteiger partial charge in [0, 0.05) is 12.0 Å². The number of hydrogen-bond donors (Lipinski definition) is 1. The Morgan fingerprint density at radius 2 is 1.80 bits per heavy atom. The first-order chi connectivity index (χ1) is 14.7. The average molecular weight is 416 g/mol. The molecule has 1 aliphatic heterocycles. The molecule has 2 aromatic carbocycles. The summed E-state index contributed by atoms with van der Waals surface area (Å²) in [6.45, 7) is 1.19. The number of nitriles is 1. The maximum atomic E-state index is 9.72. The third-order valence-electron chi connectivity index (χ3n) is 5.24. The van der Waals surface area contributed by atoms with Gasteiger partial charge < -0.3 is 14.5 Å². The SMILES string of the molecule is N#Cc1c(OC2CCOC2)[nH]c2cc(Cl)c(-c3ccc(-c4ccccc4)cc3)nc12. The number of fused-ring (bicyclic) bond motifs is 1. The Balaban J connectivity index is 1.53. The van der Waals surface area contributed by atoms with Crippen molar-refractivity contribution in [1.82, 2.24) is 9.97 Å². The molecule has 0 bridgehead atoms. The topological polar surface area (TPSA) is 70.9 Å². The molecule has 1 fully saturated rings. The smallest absolute Gasteiger partial charge is 0.212 e. The number of ether oxygens (including phenoxy) is 2. The minimum atomic E-state index is -0.0642. The number of aromatic nitrogens is 2. The van der Waals surface area contributed by atoms with E-state index in [4.69, 9.17) is 26.1 Å². The maximum absolute atomic E-state index is 9.72. The Morgan fingerprint density at radius 3 is 2.50 bits per heavy atom. The van der Waals surface area contributed by atoms with E-state index in [1.165, 1.54) is 0 Å². The Hall–Kier alpha value is -3.33. The number of H-pyrrole nitrogens is 1. The van der Waals surface area contributed by atoms with Gasteiger partial charge >= 0.3 is 0 Å². The van der Waals surface area contributed by atoms with Gasteiger partial charge in [0.1, 0.15) is 23.3 Å². The van der Waals surface area contributed by atoms with E-state index in [2.05, 4.69) is 23.2 Å². The second kappa shape index (κ2) is 7.83. The van der Waals surface area contributed by atoms with E-state index in [9.17, 15) is 5.26 Å². The van der Waals surface area contributed by atoms with Crippen LogP contribution in [0.2, 0.25) is 5.02 Å². The number of nitrogens with zero attached hydrogens (tertiary/aromatic N) is 2. The van der Waals surface area contributed by atoms with Crippen LogP contribution in [0.3, 0.4) is 0 Å². The number of benzene rings is 2. The first-order valence-electron chi connectivity index (χ1n) is 9.75. The van der Waals surface area contributed by atoms with Gasteiger partial charge in [0.2, 0.25) is 5.88 Å². The zero-order chi connectivity index (χ0) is 20.5. The lowest BCUT2D eigenvalue weighted by Crippen LogP contribution is -2.16. The van der Waals surface area contributed by atoms with Gasteiger partial charge in [0.25, 0.3) is 0 Å². The molecule has 0 aliphatic carbocycles. The molecule has 4 aromatic rings. The number of nitrogens with one attached hydrogen (secondary N) is 1. The van der Waals surface area contributed by atoms with Crippen molar-refractivity contribution in [2.75, 3.05) is 13.2 Å². The van der Waals surface area contributed by atoms with E-state index in [0.29, 0.717) is 46.4 Å². The van der Waals surface area contributed by atoms with Crippen molar-refractivity contribution in [2.24, 2.45) is 0 Å². The molecule has 0 radical (unpaired) electrons. The third-order valence-corrected chi connectivity index (χ3v) is 5.53. The van der Waals surface area contributed by atoms with E-state index >= 15 is 0 Å². The lowest BCUT2D eigenvalue weighted by Gasteiger charge is -2.09. The minimum absolute atomic E-state index is 0.0642. The fourth-order valence-electron chi connectivity index (χ4n) is 3.69. The maximum Gasteiger partial charge on any atom is 0.212 e. The highest BCUT2D eigenvalue weighted by Crippen LogP contribution is 2.35. The van der Waals surface area contributed by atoms with Crippen LogP contribution >= 0.6 is 11.6 Å². The highest BCUT2D eigenvalue weighted by molar-refractivity contribution is 6.33. The number of halogens is 1. The van der Waals surface area contributed by atoms with Crippen LogP contribution in [-0.4, -0.2) is 29.3 Å². The van der Waals surface area contributed by atoms with Crippen LogP contribution in [0.4, 0.5) is 0 Å². The summed E-state index contributed by atoms with van der Waals surface area (Å²) in [4.78, 5) is 7.86. The predicted octanol–water partition coefficient (Wildman–Crippen LogP) is 5.59. The Labute approximate surface area is 178 Å². The molecule has 0 saturated carbocycles. The molecule has 0 spiro atoms. The van der Waals surface area contributed by atoms with Gasteiger partial charge in [0.15, 0.2) is 0 Å². The van der Waals surface area contributed by atoms with Crippen molar-refractivity contribution in [1.29, 1.82) is 5.26 Å². The van der Waals surface area contributed by atoms with Crippen LogP contribution < -0.4 is 4.74 Å². The second-order valence-corrected chi connectivity index (χ2v) is 7.61. The molecule has 2 aromatic heterocycles. The molecule has 1 aliphatic rings. The van der Waals surface area contributed by atoms with Gasteiger partial charge in [0.05, 0.1) is 29.4 Å². The fourth-order valence-corrected chi connectivity index (χ4v) is 3.95. The summed E-state index contributed by atoms with van der Waals surface area (Å²) >= 11 is 6.54. The summed E-state index contributed by atoms with van der Waals surface area (Å²) in [6.07, 6.45) is 0.735. The summed E-state index contributed by atoms with van der Waals surface area (Å²) in [7, 11) is 0. The highest BCUT2D eigenvalue weighted by atomic mass is 35.5. The zero-order valence-electron chi connectivity index (χ0n) is 16.1. The van der Waals surface area contributed by atoms with Crippen molar-refractivity contribution in [3.63, 3.8) is 0 Å². The van der Waals surface area contributed by atoms with Crippen molar-refractivity contribution in [3.05, 3.63) is 71.2 Å². The molecule has 1 unspecified atom stereocenters. The summed E-state index contributed by atoms with van der Waals surface area (Å²) in [5, 5.41) is 10.2. The van der Waals surface area contributed by atoms with Gasteiger partial charge in [-0.25, -0.2) is 4.98 Å². The van der Waals surface area contributed by atoms with Crippen LogP contribution in [0.25, 0.3) is 33.4 Å². The third kappa shape index (κ3) is 3.41. The summed E-state index contributed by atoms with van der Waals surface area (Å²) in [5.41, 5.74) is 5.40. The Kier molecular flexibility index (Phi) is 4.88. The average Bonchev–Trinajstić information content (AvgIpc) is 3.41. The molecule has 6 heteroatoms. The second-order valence-electron chi connectivity index (χ2n) is 7.20. The van der Waals surface area contributed by atoms with Gasteiger partial charge in [-0.2, -0.15) is 5.26 Å². The lowest BCUT2D eigenvalue weighted by atomic mass is 10.0. The largest absolute Gasteiger partial charge is 0.472 e. The summed E-state index contributed by atoms with van der Waals surface area (Å²) < 4.78 is 11.3. The first kappa shape index (κ1) is 18.7. The van der Waals surface area contributed by atoms with E-state index in [1.54, 1.807) is 6.07 Å². The van der Waals surface area contributed by atoms with Crippen molar-refractivity contribution >= 4 is 22.6 Å². The van der Waals surface area contributed by atoms with Crippen LogP contribution in [0.1, 0.15) is 12.0 Å². The Morgan fingerprint density at radius 1 is 1.07 bits per heavy atom. The molecule has 3 heterocycles. The van der Waals surface area contributed by atoms with E-state index in [-0.39, 0.29) is 6.10 Å². The minimum Gasteiger partial charge on any atom is -0.472 e. The van der Waals surface area contributed by atoms with Crippen molar-refractivity contribution < 1.29 is 9.47 Å². The molecular weight excluding hydrogens is 398 g/mol. The monoisotopic (exact) mass is 415 g/mol. The summed E-state index contributed by atoms with van der Waals surface area (Å²) in [6, 6.07) is 22.3. The molecular formula is C24H18ClN3O2. The van der Waals surface area contributed by atoms with Crippen LogP contribution in [0.15, 0.2) is 60.7 Å². The van der Waals surface area contributed by atoms with Crippen LogP contribution in [0.5, 0.6) is 5.88 Å². The number of rotatable bonds is 4. The predicted molar refractivity (Wildman–Crippen MR) is 117 cm³/mol. The highest BCUT2D eigenvalue weighted by Gasteiger charge is 2.23. The molecule has 1 saturated heterocycles. The molecule has 1 atom stereocenters. The van der Waals surface area contributed by atoms with Gasteiger partial charge in [-0.15, -0.1) is 0 Å². The number of aromatic amines is 1. The van der Waals surface area contributed by atoms with E-state index in [1.807, 2.05) is 42.5 Å². The van der Waals surface area contributed by atoms with Crippen molar-refractivity contribution in [3.8, 4) is 34.3 Å². The zero-order valence-corrected chi connectivity index (χ0v) is 16.8. The van der Waals surface area contributed by atoms with Gasteiger partial charge in [-0.3, -0.25) is 0 Å².